The van der Waals surface area contributed by atoms with Crippen molar-refractivity contribution < 1.29 is 9.47 Å². The summed E-state index contributed by atoms with van der Waals surface area (Å²) in [5.74, 6) is 1.99. The zero-order valence-corrected chi connectivity index (χ0v) is 12.5. The summed E-state index contributed by atoms with van der Waals surface area (Å²) in [5, 5.41) is 0. The number of rotatable bonds is 6. The van der Waals surface area contributed by atoms with Crippen LogP contribution >= 0.6 is 11.6 Å². The van der Waals surface area contributed by atoms with Crippen LogP contribution in [0.1, 0.15) is 17.0 Å². The van der Waals surface area contributed by atoms with Crippen LogP contribution in [0.15, 0.2) is 36.4 Å². The van der Waals surface area contributed by atoms with Gasteiger partial charge >= 0.3 is 0 Å². The lowest BCUT2D eigenvalue weighted by atomic mass is 10.1. The van der Waals surface area contributed by atoms with E-state index in [1.807, 2.05) is 43.3 Å². The van der Waals surface area contributed by atoms with Crippen molar-refractivity contribution in [3.05, 3.63) is 53.3 Å². The van der Waals surface area contributed by atoms with Gasteiger partial charge in [0.15, 0.2) is 0 Å². The fourth-order valence-electron chi connectivity index (χ4n) is 1.90. The molecule has 2 rings (SSSR count). The van der Waals surface area contributed by atoms with E-state index in [-0.39, 0.29) is 0 Å². The van der Waals surface area contributed by atoms with Crippen LogP contribution in [-0.2, 0) is 12.3 Å². The van der Waals surface area contributed by atoms with Gasteiger partial charge in [-0.15, -0.1) is 11.6 Å². The van der Waals surface area contributed by atoms with Crippen molar-refractivity contribution in [1.82, 2.24) is 4.98 Å². The summed E-state index contributed by atoms with van der Waals surface area (Å²) >= 11 is 5.88. The number of benzene rings is 1. The molecule has 4 heteroatoms. The average Bonchev–Trinajstić information content (AvgIpc) is 2.49. The van der Waals surface area contributed by atoms with Gasteiger partial charge in [-0.3, -0.25) is 4.98 Å². The van der Waals surface area contributed by atoms with Gasteiger partial charge in [-0.05, 0) is 36.8 Å². The molecule has 0 amide bonds. The molecule has 0 aliphatic heterocycles. The van der Waals surface area contributed by atoms with E-state index in [9.17, 15) is 0 Å². The van der Waals surface area contributed by atoms with Gasteiger partial charge in [0.2, 0.25) is 0 Å². The van der Waals surface area contributed by atoms with Gasteiger partial charge in [0, 0.05) is 12.1 Å². The van der Waals surface area contributed by atoms with Gasteiger partial charge in [-0.25, -0.2) is 0 Å². The standard InChI is InChI=1S/C16H18ClNO2/c1-12-3-8-16(15(11-17)18-12)20-10-9-13-4-6-14(19-2)7-5-13/h3-8H,9-11H2,1-2H3. The molecule has 0 atom stereocenters. The number of hydrogen-bond donors (Lipinski definition) is 0. The maximum atomic E-state index is 5.88. The lowest BCUT2D eigenvalue weighted by molar-refractivity contribution is 0.317. The number of alkyl halides is 1. The second kappa shape index (κ2) is 7.15. The van der Waals surface area contributed by atoms with Crippen LogP contribution in [0.4, 0.5) is 0 Å². The van der Waals surface area contributed by atoms with Gasteiger partial charge < -0.3 is 9.47 Å². The van der Waals surface area contributed by atoms with Crippen molar-refractivity contribution in [3.8, 4) is 11.5 Å². The molecule has 1 aromatic heterocycles. The van der Waals surface area contributed by atoms with Gasteiger partial charge in [0.25, 0.3) is 0 Å². The molecular weight excluding hydrogens is 274 g/mol. The van der Waals surface area contributed by atoms with Gasteiger partial charge in [-0.1, -0.05) is 12.1 Å². The fourth-order valence-corrected chi connectivity index (χ4v) is 2.09. The number of hydrogen-bond acceptors (Lipinski definition) is 3. The number of nitrogens with zero attached hydrogens (tertiary/aromatic N) is 1. The molecule has 20 heavy (non-hydrogen) atoms. The van der Waals surface area contributed by atoms with E-state index in [1.165, 1.54) is 5.56 Å². The maximum Gasteiger partial charge on any atom is 0.142 e. The Balaban J connectivity index is 1.92. The van der Waals surface area contributed by atoms with Crippen LogP contribution in [0.25, 0.3) is 0 Å². The zero-order valence-electron chi connectivity index (χ0n) is 11.7. The molecule has 0 radical (unpaired) electrons. The van der Waals surface area contributed by atoms with Gasteiger partial charge in [-0.2, -0.15) is 0 Å². The Morgan fingerprint density at radius 1 is 1.10 bits per heavy atom. The third-order valence-electron chi connectivity index (χ3n) is 3.01. The Bertz CT molecular complexity index is 555. The first-order valence-electron chi connectivity index (χ1n) is 6.51. The normalized spacial score (nSPS) is 10.3. The molecule has 1 aromatic carbocycles. The molecule has 0 spiro atoms. The predicted octanol–water partition coefficient (Wildman–Crippen LogP) is 3.76. The van der Waals surface area contributed by atoms with Crippen LogP contribution in [0.3, 0.4) is 0 Å². The molecule has 0 aliphatic carbocycles. The second-order valence-corrected chi connectivity index (χ2v) is 4.74. The molecule has 0 saturated heterocycles. The van der Waals surface area contributed by atoms with E-state index in [2.05, 4.69) is 4.98 Å². The topological polar surface area (TPSA) is 31.4 Å². The average molecular weight is 292 g/mol. The number of aryl methyl sites for hydroxylation is 1. The minimum Gasteiger partial charge on any atom is -0.497 e. The smallest absolute Gasteiger partial charge is 0.142 e. The third-order valence-corrected chi connectivity index (χ3v) is 3.26. The van der Waals surface area contributed by atoms with Gasteiger partial charge in [0.1, 0.15) is 11.5 Å². The molecule has 0 saturated carbocycles. The lowest BCUT2D eigenvalue weighted by Crippen LogP contribution is -2.04. The zero-order chi connectivity index (χ0) is 14.4. The van der Waals surface area contributed by atoms with E-state index < -0.39 is 0 Å². The first-order valence-corrected chi connectivity index (χ1v) is 7.04. The Morgan fingerprint density at radius 2 is 1.85 bits per heavy atom. The molecule has 106 valence electrons. The van der Waals surface area contributed by atoms with Crippen LogP contribution in [-0.4, -0.2) is 18.7 Å². The summed E-state index contributed by atoms with van der Waals surface area (Å²) in [5.41, 5.74) is 2.95. The summed E-state index contributed by atoms with van der Waals surface area (Å²) in [6, 6.07) is 11.8. The van der Waals surface area contributed by atoms with E-state index in [4.69, 9.17) is 21.1 Å². The van der Waals surface area contributed by atoms with Crippen molar-refractivity contribution in [2.75, 3.05) is 13.7 Å². The van der Waals surface area contributed by atoms with Gasteiger partial charge in [0.05, 0.1) is 25.3 Å². The first-order chi connectivity index (χ1) is 9.72. The molecule has 0 unspecified atom stereocenters. The molecule has 3 nitrogen and oxygen atoms in total. The highest BCUT2D eigenvalue weighted by atomic mass is 35.5. The molecule has 0 bridgehead atoms. The summed E-state index contributed by atoms with van der Waals surface area (Å²) in [6.45, 7) is 2.54. The van der Waals surface area contributed by atoms with Crippen molar-refractivity contribution in [3.63, 3.8) is 0 Å². The van der Waals surface area contributed by atoms with Crippen molar-refractivity contribution in [2.45, 2.75) is 19.2 Å². The highest BCUT2D eigenvalue weighted by molar-refractivity contribution is 6.17. The monoisotopic (exact) mass is 291 g/mol. The number of pyridine rings is 1. The van der Waals surface area contributed by atoms with Crippen LogP contribution in [0.5, 0.6) is 11.5 Å². The minimum absolute atomic E-state index is 0.361. The van der Waals surface area contributed by atoms with Crippen LogP contribution in [0.2, 0.25) is 0 Å². The summed E-state index contributed by atoms with van der Waals surface area (Å²) < 4.78 is 10.9. The fraction of sp³-hybridized carbons (Fsp3) is 0.312. The Labute approximate surface area is 124 Å². The second-order valence-electron chi connectivity index (χ2n) is 4.48. The summed E-state index contributed by atoms with van der Waals surface area (Å²) in [4.78, 5) is 4.37. The number of halogens is 1. The van der Waals surface area contributed by atoms with E-state index in [0.717, 1.165) is 29.3 Å². The lowest BCUT2D eigenvalue weighted by Gasteiger charge is -2.10. The molecule has 1 heterocycles. The molecular formula is C16H18ClNO2. The SMILES string of the molecule is COc1ccc(CCOc2ccc(C)nc2CCl)cc1. The minimum atomic E-state index is 0.361. The van der Waals surface area contributed by atoms with Crippen molar-refractivity contribution in [2.24, 2.45) is 0 Å². The van der Waals surface area contributed by atoms with E-state index >= 15 is 0 Å². The van der Waals surface area contributed by atoms with E-state index in [1.54, 1.807) is 7.11 Å². The largest absolute Gasteiger partial charge is 0.497 e. The van der Waals surface area contributed by atoms with Crippen LogP contribution in [0, 0.1) is 6.92 Å². The Morgan fingerprint density at radius 3 is 2.50 bits per heavy atom. The quantitative estimate of drug-likeness (QED) is 0.760. The highest BCUT2D eigenvalue weighted by Crippen LogP contribution is 2.19. The molecule has 0 aliphatic rings. The highest BCUT2D eigenvalue weighted by Gasteiger charge is 2.05. The molecule has 2 aromatic rings. The number of ether oxygens (including phenoxy) is 2. The summed E-state index contributed by atoms with van der Waals surface area (Å²) in [7, 11) is 1.66. The van der Waals surface area contributed by atoms with E-state index in [0.29, 0.717) is 12.5 Å². The number of aromatic nitrogens is 1. The number of methoxy groups -OCH3 is 1. The van der Waals surface area contributed by atoms with Crippen molar-refractivity contribution >= 4 is 11.6 Å². The van der Waals surface area contributed by atoms with Crippen LogP contribution < -0.4 is 9.47 Å². The molecule has 0 fully saturated rings. The Hall–Kier alpha value is -1.74. The Kier molecular flexibility index (Phi) is 5.24. The summed E-state index contributed by atoms with van der Waals surface area (Å²) in [6.07, 6.45) is 0.833. The first kappa shape index (κ1) is 14.7. The third kappa shape index (κ3) is 3.87. The van der Waals surface area contributed by atoms with Crippen molar-refractivity contribution in [1.29, 1.82) is 0 Å². The molecule has 0 N–H and O–H groups in total. The predicted molar refractivity (Wildman–Crippen MR) is 80.7 cm³/mol. The maximum absolute atomic E-state index is 5.88.